The van der Waals surface area contributed by atoms with E-state index in [1.165, 1.54) is 42.4 Å². The lowest BCUT2D eigenvalue weighted by Gasteiger charge is -2.33. The minimum atomic E-state index is 0.386. The van der Waals surface area contributed by atoms with Gasteiger partial charge in [-0.3, -0.25) is 0 Å². The number of hydrogen-bond donors (Lipinski definition) is 1. The molecule has 1 aromatic rings. The van der Waals surface area contributed by atoms with Gasteiger partial charge in [-0.05, 0) is 68.7 Å². The van der Waals surface area contributed by atoms with E-state index in [1.54, 1.807) is 5.56 Å². The molecule has 2 rings (SSSR count). The van der Waals surface area contributed by atoms with Crippen LogP contribution in [0.25, 0.3) is 0 Å². The number of hydrogen-bond acceptors (Lipinski definition) is 1. The van der Waals surface area contributed by atoms with Crippen LogP contribution in [-0.4, -0.2) is 6.54 Å². The first-order chi connectivity index (χ1) is 8.09. The van der Waals surface area contributed by atoms with E-state index in [0.29, 0.717) is 5.41 Å². The van der Waals surface area contributed by atoms with Crippen LogP contribution in [-0.2, 0) is 5.41 Å². The molecule has 0 atom stereocenters. The van der Waals surface area contributed by atoms with Gasteiger partial charge in [-0.1, -0.05) is 30.5 Å². The monoisotopic (exact) mass is 231 g/mol. The molecule has 2 N–H and O–H groups in total. The summed E-state index contributed by atoms with van der Waals surface area (Å²) in [5.74, 6) is 0. The van der Waals surface area contributed by atoms with E-state index < -0.39 is 0 Å². The van der Waals surface area contributed by atoms with Crippen molar-refractivity contribution in [2.45, 2.75) is 58.3 Å². The van der Waals surface area contributed by atoms with Gasteiger partial charge in [-0.15, -0.1) is 0 Å². The summed E-state index contributed by atoms with van der Waals surface area (Å²) in [7, 11) is 0. The Balaban J connectivity index is 2.50. The predicted molar refractivity (Wildman–Crippen MR) is 74.5 cm³/mol. The van der Waals surface area contributed by atoms with E-state index >= 15 is 0 Å². The van der Waals surface area contributed by atoms with Crippen LogP contribution in [0.1, 0.15) is 54.4 Å². The van der Waals surface area contributed by atoms with Crippen molar-refractivity contribution < 1.29 is 0 Å². The molecule has 1 fully saturated rings. The van der Waals surface area contributed by atoms with Gasteiger partial charge in [0.1, 0.15) is 0 Å². The molecule has 0 saturated heterocycles. The second kappa shape index (κ2) is 4.81. The predicted octanol–water partition coefficient (Wildman–Crippen LogP) is 3.77. The lowest BCUT2D eigenvalue weighted by atomic mass is 9.72. The summed E-state index contributed by atoms with van der Waals surface area (Å²) in [5, 5.41) is 0. The Labute approximate surface area is 105 Å². The Morgan fingerprint density at radius 2 is 1.59 bits per heavy atom. The second-order valence-corrected chi connectivity index (χ2v) is 5.80. The molecule has 1 aromatic carbocycles. The fourth-order valence-corrected chi connectivity index (χ4v) is 3.97. The fourth-order valence-electron chi connectivity index (χ4n) is 3.97. The van der Waals surface area contributed by atoms with Gasteiger partial charge in [0.25, 0.3) is 0 Å². The second-order valence-electron chi connectivity index (χ2n) is 5.80. The highest BCUT2D eigenvalue weighted by molar-refractivity contribution is 5.43. The summed E-state index contributed by atoms with van der Waals surface area (Å²) in [6.45, 7) is 7.54. The highest BCUT2D eigenvalue weighted by Crippen LogP contribution is 2.46. The number of benzene rings is 1. The highest BCUT2D eigenvalue weighted by atomic mass is 14.6. The third-order valence-corrected chi connectivity index (χ3v) is 4.39. The molecule has 0 bridgehead atoms. The maximum atomic E-state index is 5.86. The van der Waals surface area contributed by atoms with Gasteiger partial charge in [0.2, 0.25) is 0 Å². The smallest absolute Gasteiger partial charge is 0.00298 e. The van der Waals surface area contributed by atoms with E-state index in [2.05, 4.69) is 32.9 Å². The number of aryl methyl sites for hydroxylation is 3. The summed E-state index contributed by atoms with van der Waals surface area (Å²) in [5.41, 5.74) is 12.2. The molecule has 17 heavy (non-hydrogen) atoms. The van der Waals surface area contributed by atoms with E-state index in [1.807, 2.05) is 0 Å². The maximum absolute atomic E-state index is 5.86. The van der Waals surface area contributed by atoms with Crippen molar-refractivity contribution in [3.8, 4) is 0 Å². The summed E-state index contributed by atoms with van der Waals surface area (Å²) >= 11 is 0. The van der Waals surface area contributed by atoms with Crippen LogP contribution >= 0.6 is 0 Å². The summed E-state index contributed by atoms with van der Waals surface area (Å²) in [4.78, 5) is 0. The first-order valence-corrected chi connectivity index (χ1v) is 6.87. The van der Waals surface area contributed by atoms with Crippen LogP contribution in [0.5, 0.6) is 0 Å². The van der Waals surface area contributed by atoms with Crippen LogP contribution in [0.4, 0.5) is 0 Å². The minimum absolute atomic E-state index is 0.386. The van der Waals surface area contributed by atoms with Crippen molar-refractivity contribution in [1.82, 2.24) is 0 Å². The molecule has 0 radical (unpaired) electrons. The fraction of sp³-hybridized carbons (Fsp3) is 0.625. The highest BCUT2D eigenvalue weighted by Gasteiger charge is 2.36. The third kappa shape index (κ3) is 2.26. The molecular formula is C16H25N. The van der Waals surface area contributed by atoms with Crippen molar-refractivity contribution >= 4 is 0 Å². The normalized spacial score (nSPS) is 18.6. The lowest BCUT2D eigenvalue weighted by molar-refractivity contribution is 0.408. The molecule has 0 heterocycles. The third-order valence-electron chi connectivity index (χ3n) is 4.39. The van der Waals surface area contributed by atoms with Crippen LogP contribution < -0.4 is 5.73 Å². The first-order valence-electron chi connectivity index (χ1n) is 6.87. The first kappa shape index (κ1) is 12.6. The van der Waals surface area contributed by atoms with Gasteiger partial charge in [-0.2, -0.15) is 0 Å². The average Bonchev–Trinajstić information content (AvgIpc) is 2.66. The molecule has 1 saturated carbocycles. The van der Waals surface area contributed by atoms with Gasteiger partial charge in [-0.25, -0.2) is 0 Å². The zero-order valence-corrected chi connectivity index (χ0v) is 11.5. The van der Waals surface area contributed by atoms with Crippen LogP contribution in [0.15, 0.2) is 12.1 Å². The summed E-state index contributed by atoms with van der Waals surface area (Å²) < 4.78 is 0. The standard InChI is InChI=1S/C16H25N/c1-12-10-13(2)15(14(3)11-12)16(8-9-17)6-4-5-7-16/h10-11H,4-9,17H2,1-3H3. The quantitative estimate of drug-likeness (QED) is 0.842. The van der Waals surface area contributed by atoms with E-state index in [9.17, 15) is 0 Å². The zero-order valence-electron chi connectivity index (χ0n) is 11.5. The topological polar surface area (TPSA) is 26.0 Å². The van der Waals surface area contributed by atoms with Crippen LogP contribution in [0.3, 0.4) is 0 Å². The van der Waals surface area contributed by atoms with Gasteiger partial charge in [0.15, 0.2) is 0 Å². The van der Waals surface area contributed by atoms with Crippen molar-refractivity contribution in [3.05, 3.63) is 34.4 Å². The zero-order chi connectivity index (χ0) is 12.5. The van der Waals surface area contributed by atoms with E-state index in [0.717, 1.165) is 13.0 Å². The van der Waals surface area contributed by atoms with Crippen LogP contribution in [0.2, 0.25) is 0 Å². The van der Waals surface area contributed by atoms with E-state index in [-0.39, 0.29) is 0 Å². The molecule has 0 amide bonds. The summed E-state index contributed by atoms with van der Waals surface area (Å²) in [6, 6.07) is 4.66. The van der Waals surface area contributed by atoms with Gasteiger partial charge < -0.3 is 5.73 Å². The molecule has 1 aliphatic rings. The molecule has 1 heteroatoms. The Bertz CT molecular complexity index is 377. The molecule has 0 unspecified atom stereocenters. The van der Waals surface area contributed by atoms with Gasteiger partial charge in [0, 0.05) is 0 Å². The molecule has 1 nitrogen and oxygen atoms in total. The van der Waals surface area contributed by atoms with Gasteiger partial charge >= 0.3 is 0 Å². The maximum Gasteiger partial charge on any atom is -0.00298 e. The largest absolute Gasteiger partial charge is 0.330 e. The van der Waals surface area contributed by atoms with E-state index in [4.69, 9.17) is 5.73 Å². The number of nitrogens with two attached hydrogens (primary N) is 1. The molecule has 0 aliphatic heterocycles. The number of rotatable bonds is 3. The molecule has 94 valence electrons. The minimum Gasteiger partial charge on any atom is -0.330 e. The molecule has 0 aromatic heterocycles. The van der Waals surface area contributed by atoms with Crippen molar-refractivity contribution in [3.63, 3.8) is 0 Å². The van der Waals surface area contributed by atoms with Crippen molar-refractivity contribution in [2.75, 3.05) is 6.54 Å². The van der Waals surface area contributed by atoms with Crippen molar-refractivity contribution in [2.24, 2.45) is 5.73 Å². The van der Waals surface area contributed by atoms with Gasteiger partial charge in [0.05, 0.1) is 0 Å². The van der Waals surface area contributed by atoms with Crippen molar-refractivity contribution in [1.29, 1.82) is 0 Å². The molecular weight excluding hydrogens is 206 g/mol. The van der Waals surface area contributed by atoms with Crippen LogP contribution in [0, 0.1) is 20.8 Å². The molecule has 1 aliphatic carbocycles. The lowest BCUT2D eigenvalue weighted by Crippen LogP contribution is -2.28. The average molecular weight is 231 g/mol. The Kier molecular flexibility index (Phi) is 3.58. The summed E-state index contributed by atoms with van der Waals surface area (Å²) in [6.07, 6.45) is 6.54. The SMILES string of the molecule is Cc1cc(C)c(C2(CCN)CCCC2)c(C)c1. The Hall–Kier alpha value is -0.820. The Morgan fingerprint density at radius 1 is 1.06 bits per heavy atom. The Morgan fingerprint density at radius 3 is 2.06 bits per heavy atom. The molecule has 0 spiro atoms.